The van der Waals surface area contributed by atoms with Crippen LogP contribution >= 0.6 is 0 Å². The van der Waals surface area contributed by atoms with Crippen LogP contribution in [0.2, 0.25) is 0 Å². The van der Waals surface area contributed by atoms with Crippen molar-refractivity contribution in [1.82, 2.24) is 0 Å². The molecule has 0 saturated carbocycles. The van der Waals surface area contributed by atoms with Crippen molar-refractivity contribution in [3.63, 3.8) is 0 Å². The molecule has 0 unspecified atom stereocenters. The molecule has 1 aliphatic rings. The lowest BCUT2D eigenvalue weighted by Crippen LogP contribution is -2.20. The van der Waals surface area contributed by atoms with E-state index in [0.29, 0.717) is 19.6 Å². The van der Waals surface area contributed by atoms with Gasteiger partial charge in [0.1, 0.15) is 11.4 Å². The summed E-state index contributed by atoms with van der Waals surface area (Å²) in [4.78, 5) is 0. The standard InChI is InChI=1S/C10H19N3O/c1-10(2)3-7(4-11)9(14-10)8(5-12)6-13/h3H,4-6,11-13H2,1-2H3. The first-order chi connectivity index (χ1) is 6.54. The third-order valence-electron chi connectivity index (χ3n) is 2.21. The third-order valence-corrected chi connectivity index (χ3v) is 2.21. The van der Waals surface area contributed by atoms with Gasteiger partial charge >= 0.3 is 0 Å². The van der Waals surface area contributed by atoms with Gasteiger partial charge in [-0.1, -0.05) is 0 Å². The number of ether oxygens (including phenoxy) is 1. The highest BCUT2D eigenvalue weighted by Gasteiger charge is 2.29. The van der Waals surface area contributed by atoms with Gasteiger partial charge in [-0.2, -0.15) is 0 Å². The Balaban J connectivity index is 3.04. The summed E-state index contributed by atoms with van der Waals surface area (Å²) in [6.45, 7) is 5.27. The third kappa shape index (κ3) is 2.15. The van der Waals surface area contributed by atoms with Crippen LogP contribution in [0.4, 0.5) is 0 Å². The average Bonchev–Trinajstić information content (AvgIpc) is 2.44. The fraction of sp³-hybridized carbons (Fsp3) is 0.600. The van der Waals surface area contributed by atoms with Crippen LogP contribution in [0.5, 0.6) is 0 Å². The minimum absolute atomic E-state index is 0.292. The van der Waals surface area contributed by atoms with Crippen molar-refractivity contribution in [2.45, 2.75) is 19.4 Å². The molecular weight excluding hydrogens is 178 g/mol. The zero-order chi connectivity index (χ0) is 10.8. The van der Waals surface area contributed by atoms with Crippen LogP contribution in [-0.4, -0.2) is 25.2 Å². The normalized spacial score (nSPS) is 19.2. The van der Waals surface area contributed by atoms with E-state index in [1.165, 1.54) is 0 Å². The molecule has 4 heteroatoms. The number of rotatable bonds is 3. The Morgan fingerprint density at radius 2 is 1.86 bits per heavy atom. The van der Waals surface area contributed by atoms with Gasteiger partial charge in [0.25, 0.3) is 0 Å². The second-order valence-corrected chi connectivity index (χ2v) is 3.92. The summed E-state index contributed by atoms with van der Waals surface area (Å²) < 4.78 is 5.74. The van der Waals surface area contributed by atoms with Crippen molar-refractivity contribution in [3.8, 4) is 0 Å². The summed E-state index contributed by atoms with van der Waals surface area (Å²) >= 11 is 0. The van der Waals surface area contributed by atoms with Gasteiger partial charge in [-0.25, -0.2) is 0 Å². The van der Waals surface area contributed by atoms with Gasteiger partial charge in [0.15, 0.2) is 0 Å². The molecule has 0 fully saturated rings. The highest BCUT2D eigenvalue weighted by Crippen LogP contribution is 2.32. The first-order valence-electron chi connectivity index (χ1n) is 4.77. The van der Waals surface area contributed by atoms with Crippen LogP contribution in [-0.2, 0) is 4.74 Å². The smallest absolute Gasteiger partial charge is 0.126 e. The van der Waals surface area contributed by atoms with Crippen LogP contribution in [0.15, 0.2) is 23.0 Å². The molecule has 0 atom stereocenters. The molecule has 0 aromatic rings. The largest absolute Gasteiger partial charge is 0.483 e. The van der Waals surface area contributed by atoms with Gasteiger partial charge in [0, 0.05) is 25.2 Å². The predicted octanol–water partition coefficient (Wildman–Crippen LogP) is -0.148. The molecule has 0 aromatic carbocycles. The maximum absolute atomic E-state index is 5.74. The molecule has 0 saturated heterocycles. The van der Waals surface area contributed by atoms with Crippen LogP contribution in [0, 0.1) is 0 Å². The minimum atomic E-state index is -0.292. The quantitative estimate of drug-likeness (QED) is 0.587. The molecule has 0 bridgehead atoms. The van der Waals surface area contributed by atoms with Crippen LogP contribution < -0.4 is 17.2 Å². The SMILES string of the molecule is CC1(C)C=C(CN)C(=C(CN)CN)O1. The molecule has 14 heavy (non-hydrogen) atoms. The van der Waals surface area contributed by atoms with E-state index in [2.05, 4.69) is 0 Å². The predicted molar refractivity (Wildman–Crippen MR) is 57.4 cm³/mol. The first-order valence-corrected chi connectivity index (χ1v) is 4.77. The molecule has 4 nitrogen and oxygen atoms in total. The number of hydrogen-bond donors (Lipinski definition) is 3. The Hall–Kier alpha value is -0.840. The highest BCUT2D eigenvalue weighted by atomic mass is 16.5. The van der Waals surface area contributed by atoms with E-state index >= 15 is 0 Å². The van der Waals surface area contributed by atoms with Crippen molar-refractivity contribution in [2.75, 3.05) is 19.6 Å². The zero-order valence-corrected chi connectivity index (χ0v) is 8.84. The van der Waals surface area contributed by atoms with Gasteiger partial charge in [-0.05, 0) is 25.5 Å². The summed E-state index contributed by atoms with van der Waals surface area (Å²) in [5, 5.41) is 0. The van der Waals surface area contributed by atoms with E-state index in [1.54, 1.807) is 0 Å². The minimum Gasteiger partial charge on any atom is -0.483 e. The first kappa shape index (κ1) is 11.2. The Labute approximate surface area is 84.8 Å². The maximum Gasteiger partial charge on any atom is 0.126 e. The molecule has 0 aromatic heterocycles. The van der Waals surface area contributed by atoms with E-state index in [9.17, 15) is 0 Å². The van der Waals surface area contributed by atoms with E-state index in [0.717, 1.165) is 16.9 Å². The Bertz CT molecular complexity index is 273. The second-order valence-electron chi connectivity index (χ2n) is 3.92. The fourth-order valence-corrected chi connectivity index (χ4v) is 1.56. The van der Waals surface area contributed by atoms with Crippen molar-refractivity contribution < 1.29 is 4.74 Å². The van der Waals surface area contributed by atoms with Crippen molar-refractivity contribution >= 4 is 0 Å². The topological polar surface area (TPSA) is 87.3 Å². The lowest BCUT2D eigenvalue weighted by atomic mass is 10.1. The molecule has 0 radical (unpaired) electrons. The van der Waals surface area contributed by atoms with Crippen molar-refractivity contribution in [1.29, 1.82) is 0 Å². The van der Waals surface area contributed by atoms with E-state index < -0.39 is 0 Å². The Kier molecular flexibility index (Phi) is 3.31. The van der Waals surface area contributed by atoms with Gasteiger partial charge < -0.3 is 21.9 Å². The van der Waals surface area contributed by atoms with Gasteiger partial charge in [-0.15, -0.1) is 0 Å². The molecule has 0 amide bonds. The number of nitrogens with two attached hydrogens (primary N) is 3. The molecule has 0 spiro atoms. The lowest BCUT2D eigenvalue weighted by molar-refractivity contribution is 0.0997. The lowest BCUT2D eigenvalue weighted by Gasteiger charge is -2.18. The molecule has 80 valence electrons. The molecule has 1 rings (SSSR count). The molecule has 1 heterocycles. The summed E-state index contributed by atoms with van der Waals surface area (Å²) in [5.41, 5.74) is 18.4. The van der Waals surface area contributed by atoms with Gasteiger partial charge in [0.05, 0.1) is 0 Å². The van der Waals surface area contributed by atoms with Gasteiger partial charge in [0.2, 0.25) is 0 Å². The Morgan fingerprint density at radius 1 is 1.29 bits per heavy atom. The monoisotopic (exact) mass is 197 g/mol. The summed E-state index contributed by atoms with van der Waals surface area (Å²) in [6.07, 6.45) is 2.02. The maximum atomic E-state index is 5.74. The molecular formula is C10H19N3O. The summed E-state index contributed by atoms with van der Waals surface area (Å²) in [5.74, 6) is 0.794. The van der Waals surface area contributed by atoms with Crippen LogP contribution in [0.3, 0.4) is 0 Å². The number of hydrogen-bond acceptors (Lipinski definition) is 4. The van der Waals surface area contributed by atoms with Gasteiger partial charge in [-0.3, -0.25) is 0 Å². The van der Waals surface area contributed by atoms with Crippen molar-refractivity contribution in [3.05, 3.63) is 23.0 Å². The average molecular weight is 197 g/mol. The molecule has 6 N–H and O–H groups in total. The van der Waals surface area contributed by atoms with Crippen LogP contribution in [0.25, 0.3) is 0 Å². The van der Waals surface area contributed by atoms with Crippen molar-refractivity contribution in [2.24, 2.45) is 17.2 Å². The van der Waals surface area contributed by atoms with Crippen LogP contribution in [0.1, 0.15) is 13.8 Å². The van der Waals surface area contributed by atoms with E-state index in [-0.39, 0.29) is 5.60 Å². The summed E-state index contributed by atoms with van der Waals surface area (Å²) in [6, 6.07) is 0. The Morgan fingerprint density at radius 3 is 2.29 bits per heavy atom. The molecule has 0 aliphatic carbocycles. The summed E-state index contributed by atoms with van der Waals surface area (Å²) in [7, 11) is 0. The second kappa shape index (κ2) is 4.13. The highest BCUT2D eigenvalue weighted by molar-refractivity contribution is 5.39. The van der Waals surface area contributed by atoms with E-state index in [4.69, 9.17) is 21.9 Å². The zero-order valence-electron chi connectivity index (χ0n) is 8.84. The van der Waals surface area contributed by atoms with E-state index in [1.807, 2.05) is 19.9 Å². The fourth-order valence-electron chi connectivity index (χ4n) is 1.56. The molecule has 1 aliphatic heterocycles.